The summed E-state index contributed by atoms with van der Waals surface area (Å²) in [6, 6.07) is 0. The van der Waals surface area contributed by atoms with Crippen LogP contribution in [0, 0.1) is 0 Å². The van der Waals surface area contributed by atoms with E-state index in [-0.39, 0.29) is 19.1 Å². The van der Waals surface area contributed by atoms with Crippen molar-refractivity contribution in [2.45, 2.75) is 36.4 Å². The SMILES string of the molecule is OCC12OC1CC(O)C(O)C2O. The summed E-state index contributed by atoms with van der Waals surface area (Å²) in [5, 5.41) is 36.7. The van der Waals surface area contributed by atoms with E-state index < -0.39 is 23.9 Å². The molecule has 2 fully saturated rings. The lowest BCUT2D eigenvalue weighted by atomic mass is 9.83. The van der Waals surface area contributed by atoms with Crippen molar-refractivity contribution in [1.82, 2.24) is 0 Å². The molecule has 1 heterocycles. The molecule has 1 saturated heterocycles. The van der Waals surface area contributed by atoms with Gasteiger partial charge in [0.05, 0.1) is 18.8 Å². The van der Waals surface area contributed by atoms with Crippen molar-refractivity contribution in [2.75, 3.05) is 6.61 Å². The van der Waals surface area contributed by atoms with Crippen molar-refractivity contribution in [1.29, 1.82) is 0 Å². The Balaban J connectivity index is 2.15. The fraction of sp³-hybridized carbons (Fsp3) is 1.00. The molecule has 0 aromatic heterocycles. The molecule has 0 bridgehead atoms. The van der Waals surface area contributed by atoms with E-state index in [0.717, 1.165) is 0 Å². The summed E-state index contributed by atoms with van der Waals surface area (Å²) in [7, 11) is 0. The first-order valence-electron chi connectivity index (χ1n) is 3.94. The second-order valence-corrected chi connectivity index (χ2v) is 3.46. The van der Waals surface area contributed by atoms with Gasteiger partial charge in [0, 0.05) is 6.42 Å². The van der Waals surface area contributed by atoms with Crippen LogP contribution < -0.4 is 0 Å². The van der Waals surface area contributed by atoms with E-state index in [4.69, 9.17) is 9.84 Å². The number of aliphatic hydroxyl groups excluding tert-OH is 4. The van der Waals surface area contributed by atoms with Gasteiger partial charge in [0.25, 0.3) is 0 Å². The number of fused-ring (bicyclic) bond motifs is 1. The van der Waals surface area contributed by atoms with Gasteiger partial charge >= 0.3 is 0 Å². The van der Waals surface area contributed by atoms with Crippen LogP contribution in [0.2, 0.25) is 0 Å². The average Bonchev–Trinajstić information content (AvgIpc) is 2.76. The third-order valence-electron chi connectivity index (χ3n) is 2.77. The third kappa shape index (κ3) is 0.855. The van der Waals surface area contributed by atoms with Crippen LogP contribution >= 0.6 is 0 Å². The monoisotopic (exact) mass is 176 g/mol. The molecule has 0 aromatic rings. The van der Waals surface area contributed by atoms with E-state index in [1.54, 1.807) is 0 Å². The van der Waals surface area contributed by atoms with Crippen molar-refractivity contribution in [3.8, 4) is 0 Å². The largest absolute Gasteiger partial charge is 0.393 e. The quantitative estimate of drug-likeness (QED) is 0.334. The maximum Gasteiger partial charge on any atom is 0.146 e. The molecule has 2 aliphatic rings. The van der Waals surface area contributed by atoms with E-state index >= 15 is 0 Å². The Morgan fingerprint density at radius 2 is 2.00 bits per heavy atom. The van der Waals surface area contributed by atoms with Gasteiger partial charge in [0.1, 0.15) is 17.8 Å². The molecule has 1 saturated carbocycles. The van der Waals surface area contributed by atoms with Crippen molar-refractivity contribution >= 4 is 0 Å². The van der Waals surface area contributed by atoms with E-state index in [0.29, 0.717) is 0 Å². The van der Waals surface area contributed by atoms with E-state index in [1.807, 2.05) is 0 Å². The summed E-state index contributed by atoms with van der Waals surface area (Å²) >= 11 is 0. The second kappa shape index (κ2) is 2.40. The Morgan fingerprint density at radius 3 is 2.58 bits per heavy atom. The summed E-state index contributed by atoms with van der Waals surface area (Å²) in [6.45, 7) is -0.317. The Hall–Kier alpha value is -0.200. The Bertz CT molecular complexity index is 196. The van der Waals surface area contributed by atoms with Gasteiger partial charge in [-0.25, -0.2) is 0 Å². The second-order valence-electron chi connectivity index (χ2n) is 3.46. The molecule has 5 atom stereocenters. The predicted molar refractivity (Wildman–Crippen MR) is 37.3 cm³/mol. The number of ether oxygens (including phenoxy) is 1. The molecule has 4 N–H and O–H groups in total. The van der Waals surface area contributed by atoms with Crippen LogP contribution in [0.15, 0.2) is 0 Å². The Kier molecular flexibility index (Phi) is 1.68. The molecule has 1 aliphatic heterocycles. The number of hydrogen-bond acceptors (Lipinski definition) is 5. The Morgan fingerprint density at radius 1 is 1.33 bits per heavy atom. The fourth-order valence-corrected chi connectivity index (χ4v) is 1.83. The van der Waals surface area contributed by atoms with Gasteiger partial charge in [-0.05, 0) is 0 Å². The first-order chi connectivity index (χ1) is 5.62. The number of rotatable bonds is 1. The van der Waals surface area contributed by atoms with Gasteiger partial charge in [-0.3, -0.25) is 0 Å². The molecule has 2 rings (SSSR count). The number of aliphatic hydroxyl groups is 4. The maximum atomic E-state index is 9.41. The first kappa shape index (κ1) is 8.40. The highest BCUT2D eigenvalue weighted by molar-refractivity contribution is 5.15. The van der Waals surface area contributed by atoms with Crippen LogP contribution in [-0.2, 0) is 4.74 Å². The van der Waals surface area contributed by atoms with Gasteiger partial charge in [0.2, 0.25) is 0 Å². The molecule has 5 heteroatoms. The molecule has 1 aliphatic carbocycles. The molecule has 12 heavy (non-hydrogen) atoms. The highest BCUT2D eigenvalue weighted by atomic mass is 16.6. The highest BCUT2D eigenvalue weighted by Gasteiger charge is 2.67. The molecule has 0 aromatic carbocycles. The van der Waals surface area contributed by atoms with E-state index in [2.05, 4.69) is 0 Å². The molecule has 5 nitrogen and oxygen atoms in total. The normalized spacial score (nSPS) is 58.0. The lowest BCUT2D eigenvalue weighted by molar-refractivity contribution is -0.105. The minimum atomic E-state index is -1.21. The molecule has 0 spiro atoms. The van der Waals surface area contributed by atoms with Crippen molar-refractivity contribution in [3.63, 3.8) is 0 Å². The summed E-state index contributed by atoms with van der Waals surface area (Å²) in [4.78, 5) is 0. The van der Waals surface area contributed by atoms with Crippen molar-refractivity contribution in [3.05, 3.63) is 0 Å². The van der Waals surface area contributed by atoms with E-state index in [9.17, 15) is 15.3 Å². The zero-order chi connectivity index (χ0) is 8.93. The zero-order valence-corrected chi connectivity index (χ0v) is 6.42. The summed E-state index contributed by atoms with van der Waals surface area (Å²) in [5.74, 6) is 0. The number of epoxide rings is 1. The maximum absolute atomic E-state index is 9.41. The fourth-order valence-electron chi connectivity index (χ4n) is 1.83. The first-order valence-corrected chi connectivity index (χ1v) is 3.94. The van der Waals surface area contributed by atoms with Crippen LogP contribution in [0.1, 0.15) is 6.42 Å². The minimum absolute atomic E-state index is 0.277. The van der Waals surface area contributed by atoms with Crippen LogP contribution in [0.3, 0.4) is 0 Å². The van der Waals surface area contributed by atoms with Crippen LogP contribution in [0.5, 0.6) is 0 Å². The summed E-state index contributed by atoms with van der Waals surface area (Å²) in [5.41, 5.74) is -1.00. The summed E-state index contributed by atoms with van der Waals surface area (Å²) < 4.78 is 5.05. The zero-order valence-electron chi connectivity index (χ0n) is 6.42. The van der Waals surface area contributed by atoms with Crippen LogP contribution in [-0.4, -0.2) is 57.0 Å². The van der Waals surface area contributed by atoms with Gasteiger partial charge in [-0.15, -0.1) is 0 Å². The predicted octanol–water partition coefficient (Wildman–Crippen LogP) is -2.40. The molecular formula is C7H12O5. The van der Waals surface area contributed by atoms with Crippen LogP contribution in [0.25, 0.3) is 0 Å². The smallest absolute Gasteiger partial charge is 0.146 e. The molecule has 0 radical (unpaired) electrons. The van der Waals surface area contributed by atoms with Crippen molar-refractivity contribution in [2.24, 2.45) is 0 Å². The van der Waals surface area contributed by atoms with Gasteiger partial charge < -0.3 is 25.2 Å². The lowest BCUT2D eigenvalue weighted by Gasteiger charge is -2.30. The van der Waals surface area contributed by atoms with Gasteiger partial charge in [0.15, 0.2) is 0 Å². The number of hydrogen-bond donors (Lipinski definition) is 4. The average molecular weight is 176 g/mol. The standard InChI is InChI=1S/C7H12O5/c8-2-7-4(12-7)1-3(9)5(10)6(7)11/h3-6,8-11H,1-2H2. The van der Waals surface area contributed by atoms with E-state index in [1.165, 1.54) is 0 Å². The van der Waals surface area contributed by atoms with Crippen LogP contribution in [0.4, 0.5) is 0 Å². The molecule has 5 unspecified atom stereocenters. The summed E-state index contributed by atoms with van der Waals surface area (Å²) in [6.07, 6.45) is -3.38. The Labute approximate surface area is 69.2 Å². The van der Waals surface area contributed by atoms with Crippen molar-refractivity contribution < 1.29 is 25.2 Å². The van der Waals surface area contributed by atoms with Gasteiger partial charge in [-0.2, -0.15) is 0 Å². The highest BCUT2D eigenvalue weighted by Crippen LogP contribution is 2.47. The minimum Gasteiger partial charge on any atom is -0.393 e. The lowest BCUT2D eigenvalue weighted by Crippen LogP contribution is -2.53. The molecule has 0 amide bonds. The topological polar surface area (TPSA) is 93.5 Å². The third-order valence-corrected chi connectivity index (χ3v) is 2.77. The molecular weight excluding hydrogens is 164 g/mol. The van der Waals surface area contributed by atoms with Gasteiger partial charge in [-0.1, -0.05) is 0 Å². The molecule has 70 valence electrons.